The van der Waals surface area contributed by atoms with Crippen molar-refractivity contribution in [1.29, 1.82) is 0 Å². The van der Waals surface area contributed by atoms with E-state index in [0.717, 1.165) is 28.3 Å². The van der Waals surface area contributed by atoms with Gasteiger partial charge in [0.2, 0.25) is 0 Å². The molecule has 0 saturated carbocycles. The van der Waals surface area contributed by atoms with Gasteiger partial charge in [-0.25, -0.2) is 0 Å². The SMILES string of the molecule is O=C(Nc1n[nH]c2ccccc12)c1cc([N+](=O)[O-])c(Cl)s1. The molecule has 2 aromatic heterocycles. The second-order valence-electron chi connectivity index (χ2n) is 4.10. The zero-order valence-electron chi connectivity index (χ0n) is 10.3. The van der Waals surface area contributed by atoms with Gasteiger partial charge < -0.3 is 5.32 Å². The van der Waals surface area contributed by atoms with Crippen LogP contribution in [0.4, 0.5) is 11.5 Å². The zero-order valence-corrected chi connectivity index (χ0v) is 11.9. The van der Waals surface area contributed by atoms with Crippen molar-refractivity contribution in [3.63, 3.8) is 0 Å². The Balaban J connectivity index is 1.90. The Kier molecular flexibility index (Phi) is 3.32. The van der Waals surface area contributed by atoms with E-state index in [4.69, 9.17) is 11.6 Å². The van der Waals surface area contributed by atoms with Crippen LogP contribution >= 0.6 is 22.9 Å². The van der Waals surface area contributed by atoms with E-state index in [0.29, 0.717) is 5.82 Å². The first kappa shape index (κ1) is 13.5. The number of aromatic nitrogens is 2. The number of hydrogen-bond acceptors (Lipinski definition) is 5. The summed E-state index contributed by atoms with van der Waals surface area (Å²) in [4.78, 5) is 22.4. The monoisotopic (exact) mass is 322 g/mol. The number of rotatable bonds is 3. The number of benzene rings is 1. The van der Waals surface area contributed by atoms with Crippen molar-refractivity contribution in [2.75, 3.05) is 5.32 Å². The first-order valence-corrected chi connectivity index (χ1v) is 6.94. The van der Waals surface area contributed by atoms with Crippen LogP contribution in [0, 0.1) is 10.1 Å². The highest BCUT2D eigenvalue weighted by atomic mass is 35.5. The lowest BCUT2D eigenvalue weighted by Crippen LogP contribution is -2.10. The number of aromatic amines is 1. The topological polar surface area (TPSA) is 101 Å². The number of nitrogens with one attached hydrogen (secondary N) is 2. The molecule has 7 nitrogen and oxygen atoms in total. The lowest BCUT2D eigenvalue weighted by Gasteiger charge is -1.99. The summed E-state index contributed by atoms with van der Waals surface area (Å²) < 4.78 is -0.0305. The van der Waals surface area contributed by atoms with Crippen molar-refractivity contribution in [2.45, 2.75) is 0 Å². The molecule has 0 aliphatic carbocycles. The Morgan fingerprint density at radius 3 is 2.90 bits per heavy atom. The molecule has 0 fully saturated rings. The van der Waals surface area contributed by atoms with Gasteiger partial charge >= 0.3 is 0 Å². The van der Waals surface area contributed by atoms with Gasteiger partial charge in [0.05, 0.1) is 10.4 Å². The van der Waals surface area contributed by atoms with Crippen molar-refractivity contribution < 1.29 is 9.72 Å². The molecule has 0 saturated heterocycles. The molecule has 1 aromatic carbocycles. The molecule has 3 aromatic rings. The smallest absolute Gasteiger partial charge is 0.299 e. The van der Waals surface area contributed by atoms with Gasteiger partial charge in [0.15, 0.2) is 10.2 Å². The number of para-hydroxylation sites is 1. The number of fused-ring (bicyclic) bond motifs is 1. The molecule has 0 atom stereocenters. The molecule has 0 unspecified atom stereocenters. The number of thiophene rings is 1. The van der Waals surface area contributed by atoms with Crippen LogP contribution in [0.5, 0.6) is 0 Å². The largest absolute Gasteiger partial charge is 0.304 e. The van der Waals surface area contributed by atoms with Gasteiger partial charge in [-0.1, -0.05) is 23.7 Å². The van der Waals surface area contributed by atoms with Gasteiger partial charge in [0.25, 0.3) is 11.6 Å². The molecule has 2 N–H and O–H groups in total. The van der Waals surface area contributed by atoms with E-state index >= 15 is 0 Å². The van der Waals surface area contributed by atoms with Crippen molar-refractivity contribution in [3.05, 3.63) is 49.7 Å². The predicted octanol–water partition coefficient (Wildman–Crippen LogP) is 3.44. The number of nitrogens with zero attached hydrogens (tertiary/aromatic N) is 2. The van der Waals surface area contributed by atoms with Crippen LogP contribution in [-0.4, -0.2) is 21.0 Å². The fraction of sp³-hybridized carbons (Fsp3) is 0. The van der Waals surface area contributed by atoms with E-state index in [1.807, 2.05) is 18.2 Å². The van der Waals surface area contributed by atoms with E-state index in [-0.39, 0.29) is 14.9 Å². The first-order valence-electron chi connectivity index (χ1n) is 5.74. The minimum atomic E-state index is -0.625. The van der Waals surface area contributed by atoms with Crippen LogP contribution in [0.25, 0.3) is 10.9 Å². The molecule has 9 heteroatoms. The van der Waals surface area contributed by atoms with Crippen LogP contribution in [0.3, 0.4) is 0 Å². The second-order valence-corrected chi connectivity index (χ2v) is 5.75. The van der Waals surface area contributed by atoms with Gasteiger partial charge in [-0.3, -0.25) is 20.0 Å². The van der Waals surface area contributed by atoms with Gasteiger partial charge in [-0.2, -0.15) is 5.10 Å². The van der Waals surface area contributed by atoms with Crippen LogP contribution in [0.1, 0.15) is 9.67 Å². The lowest BCUT2D eigenvalue weighted by atomic mass is 10.2. The fourth-order valence-electron chi connectivity index (χ4n) is 1.82. The average molecular weight is 323 g/mol. The summed E-state index contributed by atoms with van der Waals surface area (Å²) in [5.41, 5.74) is 0.502. The van der Waals surface area contributed by atoms with Gasteiger partial charge in [-0.05, 0) is 12.1 Å². The quantitative estimate of drug-likeness (QED) is 0.569. The third-order valence-electron chi connectivity index (χ3n) is 2.79. The molecule has 0 spiro atoms. The Morgan fingerprint density at radius 2 is 2.19 bits per heavy atom. The van der Waals surface area contributed by atoms with E-state index in [9.17, 15) is 14.9 Å². The maximum Gasteiger partial charge on any atom is 0.299 e. The van der Waals surface area contributed by atoms with E-state index < -0.39 is 10.8 Å². The highest BCUT2D eigenvalue weighted by molar-refractivity contribution is 7.18. The minimum Gasteiger partial charge on any atom is -0.304 e. The maximum absolute atomic E-state index is 12.1. The second kappa shape index (κ2) is 5.15. The van der Waals surface area contributed by atoms with Gasteiger partial charge in [0.1, 0.15) is 4.88 Å². The van der Waals surface area contributed by atoms with Crippen LogP contribution in [-0.2, 0) is 0 Å². The van der Waals surface area contributed by atoms with Crippen LogP contribution in [0.2, 0.25) is 4.34 Å². The Labute approximate surface area is 126 Å². The van der Waals surface area contributed by atoms with E-state index in [2.05, 4.69) is 15.5 Å². The summed E-state index contributed by atoms with van der Waals surface area (Å²) in [6.07, 6.45) is 0. The molecule has 21 heavy (non-hydrogen) atoms. The highest BCUT2D eigenvalue weighted by Gasteiger charge is 2.21. The normalized spacial score (nSPS) is 10.7. The standard InChI is InChI=1S/C12H7ClN4O3S/c13-10-8(17(19)20)5-9(21-10)12(18)14-11-6-3-1-2-4-7(6)15-16-11/h1-5H,(H2,14,15,16,18). The summed E-state index contributed by atoms with van der Waals surface area (Å²) in [5, 5.41) is 20.9. The average Bonchev–Trinajstić information content (AvgIpc) is 3.03. The molecule has 0 aliphatic rings. The Morgan fingerprint density at radius 1 is 1.43 bits per heavy atom. The zero-order chi connectivity index (χ0) is 15.0. The summed E-state index contributed by atoms with van der Waals surface area (Å²) >= 11 is 6.59. The fourth-order valence-corrected chi connectivity index (χ4v) is 2.94. The number of carbonyl (C=O) groups excluding carboxylic acids is 1. The van der Waals surface area contributed by atoms with Crippen molar-refractivity contribution in [1.82, 2.24) is 10.2 Å². The molecule has 0 aliphatic heterocycles. The highest BCUT2D eigenvalue weighted by Crippen LogP contribution is 2.34. The molecular formula is C12H7ClN4O3S. The summed E-state index contributed by atoms with van der Waals surface area (Å²) in [6.45, 7) is 0. The number of carbonyl (C=O) groups is 1. The van der Waals surface area contributed by atoms with Crippen molar-refractivity contribution in [3.8, 4) is 0 Å². The number of H-pyrrole nitrogens is 1. The Bertz CT molecular complexity index is 857. The lowest BCUT2D eigenvalue weighted by molar-refractivity contribution is -0.384. The van der Waals surface area contributed by atoms with Crippen molar-refractivity contribution in [2.24, 2.45) is 0 Å². The molecule has 0 bridgehead atoms. The summed E-state index contributed by atoms with van der Waals surface area (Å²) in [5.74, 6) is -0.130. The third kappa shape index (κ3) is 2.46. The maximum atomic E-state index is 12.1. The number of amides is 1. The minimum absolute atomic E-state index is 0.0305. The van der Waals surface area contributed by atoms with Crippen molar-refractivity contribution >= 4 is 51.3 Å². The van der Waals surface area contributed by atoms with Gasteiger partial charge in [0, 0.05) is 11.5 Å². The third-order valence-corrected chi connectivity index (χ3v) is 4.13. The van der Waals surface area contributed by atoms with E-state index in [1.54, 1.807) is 6.07 Å². The molecule has 106 valence electrons. The molecule has 2 heterocycles. The molecule has 0 radical (unpaired) electrons. The van der Waals surface area contributed by atoms with Crippen LogP contribution < -0.4 is 5.32 Å². The number of halogens is 1. The number of nitro groups is 1. The van der Waals surface area contributed by atoms with Gasteiger partial charge in [-0.15, -0.1) is 11.3 Å². The molecule has 1 amide bonds. The number of hydrogen-bond donors (Lipinski definition) is 2. The van der Waals surface area contributed by atoms with Crippen LogP contribution in [0.15, 0.2) is 30.3 Å². The Hall–Kier alpha value is -2.45. The molecule has 3 rings (SSSR count). The first-order chi connectivity index (χ1) is 10.1. The van der Waals surface area contributed by atoms with E-state index in [1.165, 1.54) is 0 Å². The summed E-state index contributed by atoms with van der Waals surface area (Å²) in [6, 6.07) is 8.44. The predicted molar refractivity (Wildman–Crippen MR) is 80.0 cm³/mol. The summed E-state index contributed by atoms with van der Waals surface area (Å²) in [7, 11) is 0. The number of anilines is 1. The molecular weight excluding hydrogens is 316 g/mol.